The Morgan fingerprint density at radius 3 is 2.50 bits per heavy atom. The topological polar surface area (TPSA) is 58.1 Å². The molecule has 0 spiro atoms. The molecule has 1 aliphatic rings. The van der Waals surface area contributed by atoms with Gasteiger partial charge < -0.3 is 25.0 Å². The normalized spacial score (nSPS) is 14.6. The number of halogens is 1. The van der Waals surface area contributed by atoms with E-state index in [1.807, 2.05) is 31.3 Å². The molecule has 0 radical (unpaired) electrons. The van der Waals surface area contributed by atoms with E-state index in [4.69, 9.17) is 14.5 Å². The highest BCUT2D eigenvalue weighted by Gasteiger charge is 2.20. The van der Waals surface area contributed by atoms with Crippen molar-refractivity contribution in [1.29, 1.82) is 0 Å². The summed E-state index contributed by atoms with van der Waals surface area (Å²) in [5.74, 6) is 2.53. The highest BCUT2D eigenvalue weighted by molar-refractivity contribution is 14.0. The van der Waals surface area contributed by atoms with Gasteiger partial charge in [-0.1, -0.05) is 6.07 Å². The first kappa shape index (κ1) is 26.6. The molecule has 1 aromatic carbocycles. The molecule has 8 heteroatoms. The minimum absolute atomic E-state index is 0. The number of hydrogen-bond acceptors (Lipinski definition) is 5. The Labute approximate surface area is 213 Å². The first-order valence-corrected chi connectivity index (χ1v) is 12.3. The van der Waals surface area contributed by atoms with E-state index in [9.17, 15) is 0 Å². The summed E-state index contributed by atoms with van der Waals surface area (Å²) in [4.78, 5) is 7.30. The van der Waals surface area contributed by atoms with Gasteiger partial charge in [0, 0.05) is 32.2 Å². The minimum Gasteiger partial charge on any atom is -0.490 e. The summed E-state index contributed by atoms with van der Waals surface area (Å²) >= 11 is 1.82. The number of rotatable bonds is 10. The smallest absolute Gasteiger partial charge is 0.191 e. The van der Waals surface area contributed by atoms with E-state index in [-0.39, 0.29) is 24.0 Å². The molecule has 0 aliphatic carbocycles. The average Bonchev–Trinajstić information content (AvgIpc) is 3.31. The van der Waals surface area contributed by atoms with Gasteiger partial charge in [-0.2, -0.15) is 0 Å². The quantitative estimate of drug-likeness (QED) is 0.240. The van der Waals surface area contributed by atoms with Gasteiger partial charge in [-0.3, -0.25) is 4.99 Å². The van der Waals surface area contributed by atoms with E-state index >= 15 is 0 Å². The van der Waals surface area contributed by atoms with Gasteiger partial charge in [0.05, 0.1) is 18.2 Å². The van der Waals surface area contributed by atoms with E-state index in [2.05, 4.69) is 52.1 Å². The molecule has 178 valence electrons. The van der Waals surface area contributed by atoms with Crippen LogP contribution < -0.4 is 25.0 Å². The Bertz CT molecular complexity index is 808. The predicted molar refractivity (Wildman–Crippen MR) is 147 cm³/mol. The maximum atomic E-state index is 5.74. The van der Waals surface area contributed by atoms with Crippen LogP contribution in [0.2, 0.25) is 0 Å². The lowest BCUT2D eigenvalue weighted by molar-refractivity contribution is 0.287. The minimum atomic E-state index is 0. The van der Waals surface area contributed by atoms with Gasteiger partial charge in [0.2, 0.25) is 0 Å². The lowest BCUT2D eigenvalue weighted by atomic mass is 10.1. The molecule has 0 amide bonds. The van der Waals surface area contributed by atoms with E-state index in [1.54, 1.807) is 0 Å². The van der Waals surface area contributed by atoms with Crippen molar-refractivity contribution < 1.29 is 9.47 Å². The zero-order valence-electron chi connectivity index (χ0n) is 19.4. The zero-order chi connectivity index (χ0) is 21.9. The molecule has 32 heavy (non-hydrogen) atoms. The molecular weight excluding hydrogens is 535 g/mol. The van der Waals surface area contributed by atoms with Gasteiger partial charge >= 0.3 is 0 Å². The summed E-state index contributed by atoms with van der Waals surface area (Å²) in [7, 11) is 0. The molecule has 1 aromatic heterocycles. The van der Waals surface area contributed by atoms with Gasteiger partial charge in [-0.15, -0.1) is 35.3 Å². The SMILES string of the molecule is CCNC(=NCCc1ccc(OCC)c(OCC)c1)NC1CCN(c2cccs2)CC1.I. The first-order chi connectivity index (χ1) is 15.2. The Balaban J connectivity index is 0.00000363. The van der Waals surface area contributed by atoms with Crippen molar-refractivity contribution in [1.82, 2.24) is 10.6 Å². The maximum absolute atomic E-state index is 5.74. The lowest BCUT2D eigenvalue weighted by Gasteiger charge is -2.33. The van der Waals surface area contributed by atoms with Crippen molar-refractivity contribution in [2.24, 2.45) is 4.99 Å². The van der Waals surface area contributed by atoms with Crippen LogP contribution in [0.3, 0.4) is 0 Å². The van der Waals surface area contributed by atoms with E-state index < -0.39 is 0 Å². The summed E-state index contributed by atoms with van der Waals surface area (Å²) < 4.78 is 11.4. The largest absolute Gasteiger partial charge is 0.490 e. The van der Waals surface area contributed by atoms with Gasteiger partial charge in [0.15, 0.2) is 17.5 Å². The number of benzene rings is 1. The molecule has 0 atom stereocenters. The molecule has 2 aromatic rings. The van der Waals surface area contributed by atoms with Crippen molar-refractivity contribution in [2.45, 2.75) is 46.1 Å². The Kier molecular flexibility index (Phi) is 12.0. The molecule has 1 saturated heterocycles. The fourth-order valence-corrected chi connectivity index (χ4v) is 4.54. The second-order valence-corrected chi connectivity index (χ2v) is 8.44. The fourth-order valence-electron chi connectivity index (χ4n) is 3.76. The second kappa shape index (κ2) is 14.5. The Morgan fingerprint density at radius 1 is 1.09 bits per heavy atom. The lowest BCUT2D eigenvalue weighted by Crippen LogP contribution is -2.48. The Hall–Kier alpha value is -1.68. The van der Waals surface area contributed by atoms with E-state index in [1.165, 1.54) is 10.6 Å². The van der Waals surface area contributed by atoms with Crippen LogP contribution in [0.5, 0.6) is 11.5 Å². The molecule has 2 N–H and O–H groups in total. The summed E-state index contributed by atoms with van der Waals surface area (Å²) in [6.07, 6.45) is 3.11. The average molecular weight is 573 g/mol. The number of hydrogen-bond donors (Lipinski definition) is 2. The number of nitrogens with one attached hydrogen (secondary N) is 2. The molecule has 0 unspecified atom stereocenters. The molecule has 1 aliphatic heterocycles. The van der Waals surface area contributed by atoms with Crippen LogP contribution in [0.15, 0.2) is 40.7 Å². The van der Waals surface area contributed by atoms with E-state index in [0.717, 1.165) is 62.9 Å². The van der Waals surface area contributed by atoms with Gasteiger partial charge in [-0.25, -0.2) is 0 Å². The Morgan fingerprint density at radius 2 is 1.84 bits per heavy atom. The van der Waals surface area contributed by atoms with Crippen LogP contribution in [0.1, 0.15) is 39.2 Å². The van der Waals surface area contributed by atoms with Crippen molar-refractivity contribution in [3.05, 3.63) is 41.3 Å². The van der Waals surface area contributed by atoms with Gasteiger partial charge in [-0.05, 0) is 75.2 Å². The van der Waals surface area contributed by atoms with Crippen molar-refractivity contribution >= 4 is 46.3 Å². The van der Waals surface area contributed by atoms with Crippen LogP contribution in [-0.2, 0) is 6.42 Å². The number of aliphatic imine (C=N–C) groups is 1. The van der Waals surface area contributed by atoms with Gasteiger partial charge in [0.1, 0.15) is 0 Å². The molecule has 0 bridgehead atoms. The fraction of sp³-hybridized carbons (Fsp3) is 0.542. The summed E-state index contributed by atoms with van der Waals surface area (Å²) in [6.45, 7) is 11.1. The van der Waals surface area contributed by atoms with Crippen LogP contribution in [0, 0.1) is 0 Å². The second-order valence-electron chi connectivity index (χ2n) is 7.51. The first-order valence-electron chi connectivity index (χ1n) is 11.4. The maximum Gasteiger partial charge on any atom is 0.191 e. The van der Waals surface area contributed by atoms with Crippen LogP contribution >= 0.6 is 35.3 Å². The summed E-state index contributed by atoms with van der Waals surface area (Å²) in [5.41, 5.74) is 1.20. The third-order valence-corrected chi connectivity index (χ3v) is 6.21. The third kappa shape index (κ3) is 8.03. The van der Waals surface area contributed by atoms with Crippen molar-refractivity contribution in [2.75, 3.05) is 44.3 Å². The zero-order valence-corrected chi connectivity index (χ0v) is 22.6. The molecular formula is C24H37IN4O2S. The number of guanidine groups is 1. The molecule has 3 rings (SSSR count). The van der Waals surface area contributed by atoms with Crippen molar-refractivity contribution in [3.8, 4) is 11.5 Å². The highest BCUT2D eigenvalue weighted by Crippen LogP contribution is 2.29. The number of piperidine rings is 1. The summed E-state index contributed by atoms with van der Waals surface area (Å²) in [5, 5.41) is 10.6. The molecule has 1 fully saturated rings. The summed E-state index contributed by atoms with van der Waals surface area (Å²) in [6, 6.07) is 11.0. The standard InChI is InChI=1S/C24H36N4O2S.HI/c1-4-25-24(27-20-12-15-28(16-13-20)23-8-7-17-31-23)26-14-11-19-9-10-21(29-5-2)22(18-19)30-6-3;/h7-10,17-18,20H,4-6,11-16H2,1-3H3,(H2,25,26,27);1H. The van der Waals surface area contributed by atoms with Crippen LogP contribution in [0.25, 0.3) is 0 Å². The number of thiophene rings is 1. The van der Waals surface area contributed by atoms with Crippen LogP contribution in [0.4, 0.5) is 5.00 Å². The van der Waals surface area contributed by atoms with Crippen molar-refractivity contribution in [3.63, 3.8) is 0 Å². The molecule has 6 nitrogen and oxygen atoms in total. The van der Waals surface area contributed by atoms with E-state index in [0.29, 0.717) is 19.3 Å². The molecule has 2 heterocycles. The highest BCUT2D eigenvalue weighted by atomic mass is 127. The van der Waals surface area contributed by atoms with Gasteiger partial charge in [0.25, 0.3) is 0 Å². The number of anilines is 1. The number of nitrogens with zero attached hydrogens (tertiary/aromatic N) is 2. The monoisotopic (exact) mass is 572 g/mol. The van der Waals surface area contributed by atoms with Crippen LogP contribution in [-0.4, -0.2) is 51.4 Å². The predicted octanol–water partition coefficient (Wildman–Crippen LogP) is 4.93. The molecule has 0 saturated carbocycles. The third-order valence-electron chi connectivity index (χ3n) is 5.28. The number of ether oxygens (including phenoxy) is 2.